The highest BCUT2D eigenvalue weighted by Crippen LogP contribution is 2.63. The van der Waals surface area contributed by atoms with Crippen LogP contribution in [0, 0.1) is 5.92 Å². The van der Waals surface area contributed by atoms with Gasteiger partial charge < -0.3 is 9.84 Å². The molecule has 4 aromatic carbocycles. The number of benzene rings is 4. The average Bonchev–Trinajstić information content (AvgIpc) is 3.39. The van der Waals surface area contributed by atoms with Crippen molar-refractivity contribution in [3.05, 3.63) is 163 Å². The first-order valence-electron chi connectivity index (χ1n) is 15.9. The Hall–Kier alpha value is -5.48. The number of carbonyl (C=O) groups is 2. The summed E-state index contributed by atoms with van der Waals surface area (Å²) in [7, 11) is 1.44. The Labute approximate surface area is 289 Å². The molecule has 244 valence electrons. The van der Waals surface area contributed by atoms with Crippen LogP contribution in [0.4, 0.5) is 0 Å². The molecule has 49 heavy (non-hydrogen) atoms. The van der Waals surface area contributed by atoms with Gasteiger partial charge in [-0.2, -0.15) is 0 Å². The molecule has 3 aliphatic rings. The van der Waals surface area contributed by atoms with Gasteiger partial charge in [-0.3, -0.25) is 9.59 Å². The van der Waals surface area contributed by atoms with Crippen molar-refractivity contribution in [3.8, 4) is 17.2 Å². The number of methoxy groups -OCH3 is 1. The number of phenolic OH excluding ortho intramolecular Hbond substituents is 1. The van der Waals surface area contributed by atoms with Gasteiger partial charge >= 0.3 is 11.4 Å². The van der Waals surface area contributed by atoms with E-state index in [1.165, 1.54) is 22.5 Å². The maximum absolute atomic E-state index is 15.1. The first-order valence-corrected chi connectivity index (χ1v) is 16.7. The lowest BCUT2D eigenvalue weighted by Crippen LogP contribution is -2.58. The molecular formula is C39H30BrN3O6. The normalized spacial score (nSPS) is 22.8. The minimum atomic E-state index is -1.50. The number of allylic oxidation sites excluding steroid dienone is 4. The minimum Gasteiger partial charge on any atom is -0.504 e. The number of ether oxygens (including phenoxy) is 1. The number of ketones is 2. The van der Waals surface area contributed by atoms with Crippen molar-refractivity contribution in [2.24, 2.45) is 5.92 Å². The van der Waals surface area contributed by atoms with Gasteiger partial charge in [0.1, 0.15) is 0 Å². The molecule has 9 nitrogen and oxygen atoms in total. The summed E-state index contributed by atoms with van der Waals surface area (Å²) in [5, 5.41) is 11.8. The van der Waals surface area contributed by atoms with E-state index < -0.39 is 34.7 Å². The molecule has 1 N–H and O–H groups in total. The summed E-state index contributed by atoms with van der Waals surface area (Å²) in [5.74, 6) is -2.44. The summed E-state index contributed by atoms with van der Waals surface area (Å²) in [5.41, 5.74) is 0.380. The largest absolute Gasteiger partial charge is 0.504 e. The predicted octanol–water partition coefficient (Wildman–Crippen LogP) is 5.74. The van der Waals surface area contributed by atoms with Gasteiger partial charge in [-0.15, -0.1) is 0 Å². The van der Waals surface area contributed by atoms with Crippen molar-refractivity contribution in [3.63, 3.8) is 0 Å². The Balaban J connectivity index is 1.45. The zero-order valence-corrected chi connectivity index (χ0v) is 27.9. The number of para-hydroxylation sites is 1. The molecule has 0 saturated heterocycles. The van der Waals surface area contributed by atoms with Crippen LogP contribution in [0.1, 0.15) is 35.1 Å². The van der Waals surface area contributed by atoms with Gasteiger partial charge in [-0.25, -0.2) is 23.5 Å². The predicted molar refractivity (Wildman–Crippen MR) is 187 cm³/mol. The van der Waals surface area contributed by atoms with Crippen LogP contribution in [0.15, 0.2) is 135 Å². The number of rotatable bonds is 5. The number of Topliss-reactive ketones (excluding diaryl/α,β-unsaturated/α-hetero) is 1. The summed E-state index contributed by atoms with van der Waals surface area (Å²) in [6, 6.07) is 29.5. The lowest BCUT2D eigenvalue weighted by Gasteiger charge is -2.54. The number of carbonyl (C=O) groups excluding carboxylic acids is 2. The molecule has 2 heterocycles. The van der Waals surface area contributed by atoms with Crippen molar-refractivity contribution in [1.82, 2.24) is 13.9 Å². The van der Waals surface area contributed by atoms with Crippen LogP contribution < -0.4 is 16.1 Å². The van der Waals surface area contributed by atoms with Gasteiger partial charge in [0.15, 0.2) is 23.1 Å². The molecule has 1 saturated carbocycles. The zero-order valence-electron chi connectivity index (χ0n) is 26.3. The number of hydrogen-bond donors (Lipinski definition) is 1. The molecule has 4 atom stereocenters. The smallest absolute Gasteiger partial charge is 0.352 e. The van der Waals surface area contributed by atoms with Gasteiger partial charge in [0, 0.05) is 27.4 Å². The fraction of sp³-hybridized carbons (Fsp3) is 0.179. The van der Waals surface area contributed by atoms with Crippen LogP contribution in [0.5, 0.6) is 11.5 Å². The third-order valence-electron chi connectivity index (χ3n) is 10.3. The van der Waals surface area contributed by atoms with E-state index in [1.54, 1.807) is 54.6 Å². The van der Waals surface area contributed by atoms with Gasteiger partial charge in [0.2, 0.25) is 0 Å². The highest BCUT2D eigenvalue weighted by atomic mass is 79.9. The molecule has 1 fully saturated rings. The molecule has 1 aromatic heterocycles. The quantitative estimate of drug-likeness (QED) is 0.233. The summed E-state index contributed by atoms with van der Waals surface area (Å²) < 4.78 is 10.1. The Morgan fingerprint density at radius 2 is 1.51 bits per heavy atom. The van der Waals surface area contributed by atoms with E-state index in [0.29, 0.717) is 32.4 Å². The third kappa shape index (κ3) is 4.43. The van der Waals surface area contributed by atoms with Crippen LogP contribution in [-0.4, -0.2) is 37.7 Å². The number of aromatic hydroxyl groups is 1. The summed E-state index contributed by atoms with van der Waals surface area (Å²) >= 11 is 3.57. The fourth-order valence-corrected chi connectivity index (χ4v) is 8.70. The fourth-order valence-electron chi connectivity index (χ4n) is 8.25. The van der Waals surface area contributed by atoms with E-state index in [9.17, 15) is 14.7 Å². The summed E-state index contributed by atoms with van der Waals surface area (Å²) in [6.07, 6.45) is 3.38. The van der Waals surface area contributed by atoms with Crippen LogP contribution in [0.2, 0.25) is 0 Å². The van der Waals surface area contributed by atoms with Crippen LogP contribution in [0.25, 0.3) is 11.3 Å². The first-order chi connectivity index (χ1) is 23.8. The summed E-state index contributed by atoms with van der Waals surface area (Å²) in [6.45, 7) is 0.0465. The van der Waals surface area contributed by atoms with E-state index in [0.717, 1.165) is 4.57 Å². The summed E-state index contributed by atoms with van der Waals surface area (Å²) in [4.78, 5) is 58.3. The van der Waals surface area contributed by atoms with Gasteiger partial charge in [-0.1, -0.05) is 101 Å². The highest BCUT2D eigenvalue weighted by Gasteiger charge is 2.63. The minimum absolute atomic E-state index is 0.0465. The molecule has 1 aliphatic heterocycles. The monoisotopic (exact) mass is 715 g/mol. The topological polar surface area (TPSA) is 113 Å². The van der Waals surface area contributed by atoms with Crippen molar-refractivity contribution in [2.45, 2.75) is 30.3 Å². The second-order valence-corrected chi connectivity index (χ2v) is 13.5. The molecule has 0 unspecified atom stereocenters. The SMILES string of the molecule is COc1cc(Br)cc([C@H]2C3=CCn4c(=O)n(-c5ccccc5)c(=O)n4[C@@H]3C[C@H]3C(=O)C(c4ccccc4)=CC(=O)[C@@]23c2ccccc2)c1O. The molecule has 0 radical (unpaired) electrons. The Kier molecular flexibility index (Phi) is 7.29. The lowest BCUT2D eigenvalue weighted by atomic mass is 9.47. The Morgan fingerprint density at radius 1 is 0.857 bits per heavy atom. The van der Waals surface area contributed by atoms with E-state index >= 15 is 9.59 Å². The molecule has 10 heteroatoms. The molecular weight excluding hydrogens is 686 g/mol. The molecule has 0 amide bonds. The maximum Gasteiger partial charge on any atom is 0.352 e. The highest BCUT2D eigenvalue weighted by molar-refractivity contribution is 9.10. The molecule has 2 aliphatic carbocycles. The first kappa shape index (κ1) is 30.8. The van der Waals surface area contributed by atoms with Crippen LogP contribution >= 0.6 is 15.9 Å². The van der Waals surface area contributed by atoms with Crippen molar-refractivity contribution in [2.75, 3.05) is 7.11 Å². The van der Waals surface area contributed by atoms with Crippen molar-refractivity contribution in [1.29, 1.82) is 0 Å². The Bertz CT molecular complexity index is 2340. The molecule has 0 bridgehead atoms. The Morgan fingerprint density at radius 3 is 2.18 bits per heavy atom. The third-order valence-corrected chi connectivity index (χ3v) is 10.7. The zero-order chi connectivity index (χ0) is 34.0. The second-order valence-electron chi connectivity index (χ2n) is 12.5. The number of aromatic nitrogens is 3. The van der Waals surface area contributed by atoms with Crippen molar-refractivity contribution < 1.29 is 19.4 Å². The maximum atomic E-state index is 15.1. The molecule has 5 aromatic rings. The van der Waals surface area contributed by atoms with E-state index in [1.807, 2.05) is 54.6 Å². The number of phenols is 1. The van der Waals surface area contributed by atoms with Gasteiger partial charge in [0.05, 0.1) is 30.8 Å². The van der Waals surface area contributed by atoms with Crippen LogP contribution in [-0.2, 0) is 21.5 Å². The van der Waals surface area contributed by atoms with E-state index in [4.69, 9.17) is 4.74 Å². The molecule has 0 spiro atoms. The van der Waals surface area contributed by atoms with Gasteiger partial charge in [-0.05, 0) is 53.5 Å². The number of nitrogens with zero attached hydrogens (tertiary/aromatic N) is 3. The van der Waals surface area contributed by atoms with Crippen molar-refractivity contribution >= 4 is 33.1 Å². The van der Waals surface area contributed by atoms with E-state index in [-0.39, 0.29) is 41.6 Å². The van der Waals surface area contributed by atoms with Gasteiger partial charge in [0.25, 0.3) is 0 Å². The standard InChI is InChI=1S/C39H30BrN3O6/c1-49-32-20-25(40)19-29(36(32)46)34-27-17-18-41-37(47)42(26-15-9-4-10-16-26)38(48)43(41)31(27)22-30-35(45)28(23-11-5-2-6-12-23)21-33(44)39(30,34)24-13-7-3-8-14-24/h2-17,19-21,30-31,34,46H,18,22H2,1H3/t30-,31+,34+,39-/m0/s1. The van der Waals surface area contributed by atoms with Crippen LogP contribution in [0.3, 0.4) is 0 Å². The second kappa shape index (κ2) is 11.6. The number of fused-ring (bicyclic) bond motifs is 4. The lowest BCUT2D eigenvalue weighted by molar-refractivity contribution is -0.133. The average molecular weight is 717 g/mol. The number of halogens is 1. The number of hydrogen-bond acceptors (Lipinski definition) is 6. The molecule has 8 rings (SSSR count). The van der Waals surface area contributed by atoms with E-state index in [2.05, 4.69) is 15.9 Å².